The van der Waals surface area contributed by atoms with Gasteiger partial charge in [-0.3, -0.25) is 0 Å². The summed E-state index contributed by atoms with van der Waals surface area (Å²) in [6.07, 6.45) is 8.28. The minimum Gasteiger partial charge on any atom is -0.368 e. The molecule has 1 aromatic rings. The number of para-hydroxylation sites is 1. The van der Waals surface area contributed by atoms with Crippen LogP contribution in [0.5, 0.6) is 0 Å². The van der Waals surface area contributed by atoms with Gasteiger partial charge < -0.3 is 10.2 Å². The highest BCUT2D eigenvalue weighted by atomic mass is 15.2. The Morgan fingerprint density at radius 1 is 1.10 bits per heavy atom. The van der Waals surface area contributed by atoms with Crippen LogP contribution in [0.2, 0.25) is 0 Å². The molecule has 0 spiro atoms. The predicted molar refractivity (Wildman–Crippen MR) is 90.7 cm³/mol. The smallest absolute Gasteiger partial charge is 0.0414 e. The molecule has 0 atom stereocenters. The number of hydrogen-bond acceptors (Lipinski definition) is 2. The summed E-state index contributed by atoms with van der Waals surface area (Å²) >= 11 is 0. The zero-order valence-corrected chi connectivity index (χ0v) is 13.6. The van der Waals surface area contributed by atoms with Gasteiger partial charge in [0.2, 0.25) is 0 Å². The van der Waals surface area contributed by atoms with Crippen molar-refractivity contribution in [2.75, 3.05) is 11.4 Å². The van der Waals surface area contributed by atoms with Crippen LogP contribution in [0.25, 0.3) is 0 Å². The zero-order chi connectivity index (χ0) is 14.7. The Bertz CT molecular complexity index is 445. The van der Waals surface area contributed by atoms with Crippen LogP contribution in [0.4, 0.5) is 5.69 Å². The molecule has 1 aromatic carbocycles. The Morgan fingerprint density at radius 3 is 2.48 bits per heavy atom. The van der Waals surface area contributed by atoms with Gasteiger partial charge in [0.25, 0.3) is 0 Å². The van der Waals surface area contributed by atoms with Gasteiger partial charge in [-0.2, -0.15) is 0 Å². The molecule has 3 rings (SSSR count). The van der Waals surface area contributed by atoms with Gasteiger partial charge in [0.15, 0.2) is 0 Å². The second kappa shape index (κ2) is 6.83. The minimum absolute atomic E-state index is 0.718. The fraction of sp³-hybridized carbons (Fsp3) is 0.684. The first kappa shape index (κ1) is 14.9. The fourth-order valence-corrected chi connectivity index (χ4v) is 3.54. The van der Waals surface area contributed by atoms with E-state index >= 15 is 0 Å². The van der Waals surface area contributed by atoms with Crippen LogP contribution in [0.3, 0.4) is 0 Å². The molecule has 116 valence electrons. The summed E-state index contributed by atoms with van der Waals surface area (Å²) in [7, 11) is 0. The number of anilines is 1. The van der Waals surface area contributed by atoms with Crippen LogP contribution in [0.1, 0.15) is 57.9 Å². The van der Waals surface area contributed by atoms with Crippen LogP contribution in [0, 0.1) is 5.92 Å². The fourth-order valence-electron chi connectivity index (χ4n) is 3.54. The average molecular weight is 286 g/mol. The van der Waals surface area contributed by atoms with Crippen molar-refractivity contribution in [3.63, 3.8) is 0 Å². The van der Waals surface area contributed by atoms with Gasteiger partial charge in [0.05, 0.1) is 0 Å². The first-order valence-corrected chi connectivity index (χ1v) is 8.82. The van der Waals surface area contributed by atoms with Gasteiger partial charge >= 0.3 is 0 Å². The van der Waals surface area contributed by atoms with E-state index < -0.39 is 0 Å². The van der Waals surface area contributed by atoms with E-state index in [9.17, 15) is 0 Å². The summed E-state index contributed by atoms with van der Waals surface area (Å²) in [4.78, 5) is 2.71. The van der Waals surface area contributed by atoms with E-state index in [1.807, 2.05) is 0 Å². The van der Waals surface area contributed by atoms with E-state index in [0.717, 1.165) is 24.5 Å². The number of benzene rings is 1. The molecule has 0 unspecified atom stereocenters. The van der Waals surface area contributed by atoms with Crippen molar-refractivity contribution in [2.24, 2.45) is 5.92 Å². The van der Waals surface area contributed by atoms with Crippen molar-refractivity contribution in [1.29, 1.82) is 0 Å². The third-order valence-electron chi connectivity index (χ3n) is 4.79. The summed E-state index contributed by atoms with van der Waals surface area (Å²) in [5.74, 6) is 0.718. The molecular formula is C19H30N2. The molecule has 2 saturated carbocycles. The van der Waals surface area contributed by atoms with Crippen molar-refractivity contribution in [2.45, 2.75) is 71.0 Å². The highest BCUT2D eigenvalue weighted by molar-refractivity contribution is 5.54. The van der Waals surface area contributed by atoms with E-state index in [1.54, 1.807) is 0 Å². The molecular weight excluding hydrogens is 256 g/mol. The Labute approximate surface area is 129 Å². The van der Waals surface area contributed by atoms with Crippen LogP contribution >= 0.6 is 0 Å². The number of nitrogens with zero attached hydrogens (tertiary/aromatic N) is 1. The topological polar surface area (TPSA) is 15.3 Å². The van der Waals surface area contributed by atoms with E-state index in [0.29, 0.717) is 0 Å². The molecule has 0 saturated heterocycles. The second-order valence-corrected chi connectivity index (χ2v) is 7.27. The Kier molecular flexibility index (Phi) is 4.84. The number of hydrogen-bond donors (Lipinski definition) is 1. The molecule has 0 bridgehead atoms. The van der Waals surface area contributed by atoms with Crippen LogP contribution in [0.15, 0.2) is 24.3 Å². The normalized spacial score (nSPS) is 19.4. The molecule has 0 aliphatic heterocycles. The van der Waals surface area contributed by atoms with Crippen LogP contribution in [-0.2, 0) is 6.54 Å². The number of nitrogens with one attached hydrogen (secondary N) is 1. The number of rotatable bonds is 7. The molecule has 1 N–H and O–H groups in total. The van der Waals surface area contributed by atoms with Crippen molar-refractivity contribution in [1.82, 2.24) is 5.32 Å². The van der Waals surface area contributed by atoms with Gasteiger partial charge in [0.1, 0.15) is 0 Å². The average Bonchev–Trinajstić information content (AvgIpc) is 3.15. The van der Waals surface area contributed by atoms with Crippen molar-refractivity contribution >= 4 is 5.69 Å². The van der Waals surface area contributed by atoms with E-state index in [-0.39, 0.29) is 0 Å². The SMILES string of the molecule is CC(C)CN(c1ccccc1CNC1CC1)C1CCCC1. The summed E-state index contributed by atoms with van der Waals surface area (Å²) in [5, 5.41) is 3.69. The predicted octanol–water partition coefficient (Wildman–Crippen LogP) is 4.34. The molecule has 0 heterocycles. The lowest BCUT2D eigenvalue weighted by molar-refractivity contribution is 0.533. The molecule has 2 aliphatic carbocycles. The largest absolute Gasteiger partial charge is 0.368 e. The first-order chi connectivity index (χ1) is 10.2. The third kappa shape index (κ3) is 4.00. The Balaban J connectivity index is 1.78. The van der Waals surface area contributed by atoms with Crippen molar-refractivity contribution in [3.05, 3.63) is 29.8 Å². The third-order valence-corrected chi connectivity index (χ3v) is 4.79. The quantitative estimate of drug-likeness (QED) is 0.802. The summed E-state index contributed by atoms with van der Waals surface area (Å²) in [5.41, 5.74) is 2.96. The highest BCUT2D eigenvalue weighted by Gasteiger charge is 2.26. The maximum Gasteiger partial charge on any atom is 0.0414 e. The van der Waals surface area contributed by atoms with Crippen LogP contribution < -0.4 is 10.2 Å². The van der Waals surface area contributed by atoms with E-state index in [2.05, 4.69) is 48.3 Å². The van der Waals surface area contributed by atoms with Gasteiger partial charge in [-0.15, -0.1) is 0 Å². The molecule has 2 heteroatoms. The zero-order valence-electron chi connectivity index (χ0n) is 13.6. The molecule has 2 fully saturated rings. The summed E-state index contributed by atoms with van der Waals surface area (Å²) in [6, 6.07) is 10.6. The van der Waals surface area contributed by atoms with E-state index in [1.165, 1.54) is 56.3 Å². The molecule has 0 radical (unpaired) electrons. The molecule has 2 nitrogen and oxygen atoms in total. The lowest BCUT2D eigenvalue weighted by atomic mass is 10.1. The lowest BCUT2D eigenvalue weighted by Crippen LogP contribution is -2.37. The Hall–Kier alpha value is -1.02. The lowest BCUT2D eigenvalue weighted by Gasteiger charge is -2.34. The molecule has 0 aromatic heterocycles. The first-order valence-electron chi connectivity index (χ1n) is 8.82. The van der Waals surface area contributed by atoms with Gasteiger partial charge in [-0.1, -0.05) is 44.9 Å². The highest BCUT2D eigenvalue weighted by Crippen LogP contribution is 2.31. The van der Waals surface area contributed by atoms with Gasteiger partial charge in [0, 0.05) is 30.9 Å². The maximum atomic E-state index is 3.69. The minimum atomic E-state index is 0.718. The van der Waals surface area contributed by atoms with Gasteiger partial charge in [-0.25, -0.2) is 0 Å². The second-order valence-electron chi connectivity index (χ2n) is 7.27. The van der Waals surface area contributed by atoms with Crippen LogP contribution in [-0.4, -0.2) is 18.6 Å². The van der Waals surface area contributed by atoms with Gasteiger partial charge in [-0.05, 0) is 43.2 Å². The molecule has 21 heavy (non-hydrogen) atoms. The summed E-state index contributed by atoms with van der Waals surface area (Å²) < 4.78 is 0. The van der Waals surface area contributed by atoms with E-state index in [4.69, 9.17) is 0 Å². The standard InChI is InChI=1S/C19H30N2/c1-15(2)14-21(18-8-4-5-9-18)19-10-6-3-7-16(19)13-20-17-11-12-17/h3,6-7,10,15,17-18,20H,4-5,8-9,11-14H2,1-2H3. The monoisotopic (exact) mass is 286 g/mol. The molecule has 0 amide bonds. The Morgan fingerprint density at radius 2 is 1.81 bits per heavy atom. The van der Waals surface area contributed by atoms with Crippen molar-refractivity contribution < 1.29 is 0 Å². The van der Waals surface area contributed by atoms with Crippen molar-refractivity contribution in [3.8, 4) is 0 Å². The molecule has 2 aliphatic rings. The maximum absolute atomic E-state index is 3.69. The summed E-state index contributed by atoms with van der Waals surface area (Å²) in [6.45, 7) is 6.90.